The fraction of sp³-hybridized carbons (Fsp3) is 0.467. The molecule has 0 unspecified atom stereocenters. The van der Waals surface area contributed by atoms with Crippen LogP contribution < -0.4 is 10.6 Å². The molecule has 0 aliphatic carbocycles. The summed E-state index contributed by atoms with van der Waals surface area (Å²) in [5.74, 6) is 0.841. The lowest BCUT2D eigenvalue weighted by Crippen LogP contribution is -2.37. The number of aryl methyl sites for hydroxylation is 2. The lowest BCUT2D eigenvalue weighted by molar-refractivity contribution is 0.796. The average Bonchev–Trinajstić information content (AvgIpc) is 3.11. The Labute approximate surface area is 134 Å². The van der Waals surface area contributed by atoms with Crippen molar-refractivity contribution in [2.75, 3.05) is 13.6 Å². The van der Waals surface area contributed by atoms with E-state index < -0.39 is 0 Å². The predicted molar refractivity (Wildman–Crippen MR) is 92.5 cm³/mol. The third kappa shape index (κ3) is 5.13. The first-order chi connectivity index (χ1) is 10.2. The zero-order valence-corrected chi connectivity index (χ0v) is 14.4. The molecule has 114 valence electrons. The third-order valence-electron chi connectivity index (χ3n) is 3.03. The van der Waals surface area contributed by atoms with E-state index >= 15 is 0 Å². The first-order valence-electron chi connectivity index (χ1n) is 7.14. The molecule has 0 fully saturated rings. The second-order valence-electron chi connectivity index (χ2n) is 4.69. The maximum atomic E-state index is 4.43. The zero-order valence-electron chi connectivity index (χ0n) is 12.8. The monoisotopic (exact) mass is 322 g/mol. The molecule has 0 atom stereocenters. The molecule has 0 aliphatic heterocycles. The minimum atomic E-state index is 0.815. The molecule has 2 N–H and O–H groups in total. The molecular formula is C15H22N4S2. The molecular weight excluding hydrogens is 300 g/mol. The van der Waals surface area contributed by atoms with Gasteiger partial charge in [-0.05, 0) is 25.5 Å². The van der Waals surface area contributed by atoms with Crippen LogP contribution in [0.1, 0.15) is 26.6 Å². The molecule has 2 aromatic rings. The van der Waals surface area contributed by atoms with E-state index in [1.54, 1.807) is 18.4 Å². The lowest BCUT2D eigenvalue weighted by atomic mass is 10.4. The largest absolute Gasteiger partial charge is 0.356 e. The van der Waals surface area contributed by atoms with Gasteiger partial charge in [0.25, 0.3) is 0 Å². The highest BCUT2D eigenvalue weighted by Crippen LogP contribution is 2.14. The van der Waals surface area contributed by atoms with Crippen LogP contribution in [0.25, 0.3) is 0 Å². The fourth-order valence-corrected chi connectivity index (χ4v) is 3.58. The zero-order chi connectivity index (χ0) is 15.1. The number of aromatic nitrogens is 1. The van der Waals surface area contributed by atoms with Gasteiger partial charge in [0.1, 0.15) is 0 Å². The van der Waals surface area contributed by atoms with Crippen molar-refractivity contribution in [1.29, 1.82) is 0 Å². The summed E-state index contributed by atoms with van der Waals surface area (Å²) in [7, 11) is 1.80. The highest BCUT2D eigenvalue weighted by atomic mass is 32.1. The number of thiophene rings is 1. The van der Waals surface area contributed by atoms with Crippen LogP contribution in [-0.4, -0.2) is 24.5 Å². The van der Waals surface area contributed by atoms with Crippen LogP contribution in [0, 0.1) is 6.92 Å². The van der Waals surface area contributed by atoms with Gasteiger partial charge in [0.15, 0.2) is 5.96 Å². The number of guanidine groups is 1. The van der Waals surface area contributed by atoms with Crippen LogP contribution in [-0.2, 0) is 19.4 Å². The van der Waals surface area contributed by atoms with E-state index in [0.717, 1.165) is 31.9 Å². The Morgan fingerprint density at radius 1 is 1.24 bits per heavy atom. The predicted octanol–water partition coefficient (Wildman–Crippen LogP) is 2.98. The van der Waals surface area contributed by atoms with E-state index in [0.29, 0.717) is 0 Å². The number of nitrogens with one attached hydrogen (secondary N) is 2. The minimum Gasteiger partial charge on any atom is -0.356 e. The van der Waals surface area contributed by atoms with E-state index in [9.17, 15) is 0 Å². The summed E-state index contributed by atoms with van der Waals surface area (Å²) in [6, 6.07) is 4.30. The van der Waals surface area contributed by atoms with E-state index in [1.807, 2.05) is 17.5 Å². The van der Waals surface area contributed by atoms with Gasteiger partial charge in [-0.25, -0.2) is 4.98 Å². The summed E-state index contributed by atoms with van der Waals surface area (Å²) in [6.07, 6.45) is 3.98. The second kappa shape index (κ2) is 8.14. The first-order valence-corrected chi connectivity index (χ1v) is 8.78. The van der Waals surface area contributed by atoms with Gasteiger partial charge in [0.2, 0.25) is 0 Å². The van der Waals surface area contributed by atoms with Crippen LogP contribution in [0.15, 0.2) is 23.3 Å². The molecule has 0 amide bonds. The van der Waals surface area contributed by atoms with Crippen molar-refractivity contribution in [3.05, 3.63) is 38.0 Å². The van der Waals surface area contributed by atoms with Crippen LogP contribution in [0.2, 0.25) is 0 Å². The molecule has 0 bridgehead atoms. The third-order valence-corrected chi connectivity index (χ3v) is 5.23. The molecule has 21 heavy (non-hydrogen) atoms. The van der Waals surface area contributed by atoms with Crippen LogP contribution in [0.3, 0.4) is 0 Å². The Hall–Kier alpha value is -1.40. The van der Waals surface area contributed by atoms with Gasteiger partial charge in [-0.15, -0.1) is 22.7 Å². The van der Waals surface area contributed by atoms with Crippen molar-refractivity contribution in [2.24, 2.45) is 4.99 Å². The van der Waals surface area contributed by atoms with Crippen LogP contribution >= 0.6 is 22.7 Å². The number of thiazole rings is 1. The van der Waals surface area contributed by atoms with E-state index in [4.69, 9.17) is 0 Å². The number of hydrogen-bond donors (Lipinski definition) is 2. The number of hydrogen-bond acceptors (Lipinski definition) is 4. The van der Waals surface area contributed by atoms with Crippen LogP contribution in [0.4, 0.5) is 0 Å². The Bertz CT molecular complexity index is 586. The van der Waals surface area contributed by atoms with Crippen LogP contribution in [0.5, 0.6) is 0 Å². The molecule has 0 aromatic carbocycles. The summed E-state index contributed by atoms with van der Waals surface area (Å²) in [5, 5.41) is 7.85. The summed E-state index contributed by atoms with van der Waals surface area (Å²) >= 11 is 3.61. The summed E-state index contributed by atoms with van der Waals surface area (Å²) in [5.41, 5.74) is 0. The van der Waals surface area contributed by atoms with Gasteiger partial charge in [0, 0.05) is 40.8 Å². The SMILES string of the molecule is CCc1cnc(CCNC(=NC)NCc2ccc(C)s2)s1. The van der Waals surface area contributed by atoms with Crippen molar-refractivity contribution in [1.82, 2.24) is 15.6 Å². The fourth-order valence-electron chi connectivity index (χ4n) is 1.89. The molecule has 0 radical (unpaired) electrons. The molecule has 4 nitrogen and oxygen atoms in total. The first kappa shape index (κ1) is 16.0. The average molecular weight is 323 g/mol. The van der Waals surface area contributed by atoms with Crippen molar-refractivity contribution in [3.8, 4) is 0 Å². The van der Waals surface area contributed by atoms with Crippen molar-refractivity contribution in [3.63, 3.8) is 0 Å². The molecule has 0 saturated heterocycles. The second-order valence-corrected chi connectivity index (χ2v) is 7.26. The maximum Gasteiger partial charge on any atom is 0.191 e. The number of rotatable bonds is 6. The molecule has 2 aromatic heterocycles. The standard InChI is InChI=1S/C15H22N4S2/c1-4-12-9-18-14(21-12)7-8-17-15(16-3)19-10-13-6-5-11(2)20-13/h5-6,9H,4,7-8,10H2,1-3H3,(H2,16,17,19). The highest BCUT2D eigenvalue weighted by molar-refractivity contribution is 7.12. The Morgan fingerprint density at radius 2 is 2.10 bits per heavy atom. The van der Waals surface area contributed by atoms with E-state index in [-0.39, 0.29) is 0 Å². The summed E-state index contributed by atoms with van der Waals surface area (Å²) in [6.45, 7) is 5.95. The molecule has 2 rings (SSSR count). The highest BCUT2D eigenvalue weighted by Gasteiger charge is 2.03. The topological polar surface area (TPSA) is 49.3 Å². The Morgan fingerprint density at radius 3 is 2.71 bits per heavy atom. The maximum absolute atomic E-state index is 4.43. The lowest BCUT2D eigenvalue weighted by Gasteiger charge is -2.10. The van der Waals surface area contributed by atoms with Gasteiger partial charge in [0.05, 0.1) is 11.6 Å². The van der Waals surface area contributed by atoms with Crippen molar-refractivity contribution < 1.29 is 0 Å². The van der Waals surface area contributed by atoms with Gasteiger partial charge < -0.3 is 10.6 Å². The Kier molecular flexibility index (Phi) is 6.20. The van der Waals surface area contributed by atoms with E-state index in [1.165, 1.54) is 19.6 Å². The number of aliphatic imine (C=N–C) groups is 1. The molecule has 6 heteroatoms. The van der Waals surface area contributed by atoms with Crippen molar-refractivity contribution in [2.45, 2.75) is 33.2 Å². The van der Waals surface area contributed by atoms with Gasteiger partial charge in [-0.1, -0.05) is 6.92 Å². The summed E-state index contributed by atoms with van der Waals surface area (Å²) < 4.78 is 0. The van der Waals surface area contributed by atoms with E-state index in [2.05, 4.69) is 46.6 Å². The van der Waals surface area contributed by atoms with Gasteiger partial charge >= 0.3 is 0 Å². The minimum absolute atomic E-state index is 0.815. The quantitative estimate of drug-likeness (QED) is 0.635. The van der Waals surface area contributed by atoms with Crippen molar-refractivity contribution >= 4 is 28.6 Å². The van der Waals surface area contributed by atoms with Gasteiger partial charge in [-0.2, -0.15) is 0 Å². The molecule has 0 spiro atoms. The summed E-state index contributed by atoms with van der Waals surface area (Å²) in [4.78, 5) is 12.7. The Balaban J connectivity index is 1.72. The number of nitrogens with zero attached hydrogens (tertiary/aromatic N) is 2. The molecule has 0 aliphatic rings. The normalized spacial score (nSPS) is 11.7. The molecule has 0 saturated carbocycles. The molecule has 2 heterocycles. The smallest absolute Gasteiger partial charge is 0.191 e. The van der Waals surface area contributed by atoms with Gasteiger partial charge in [-0.3, -0.25) is 4.99 Å².